The Morgan fingerprint density at radius 2 is 2.07 bits per heavy atom. The standard InChI is InChI=1S/C10H13BrN2O2/c1-6(2)3-7-4-8(5-9(14)15)13-10(11)12-7/h4,6H,3,5H2,1-2H3,(H,14,15). The van der Waals surface area contributed by atoms with Crippen LogP contribution in [0, 0.1) is 5.92 Å². The van der Waals surface area contributed by atoms with Crippen LogP contribution in [0.15, 0.2) is 10.8 Å². The number of nitrogens with zero attached hydrogens (tertiary/aromatic N) is 2. The third-order valence-electron chi connectivity index (χ3n) is 1.75. The van der Waals surface area contributed by atoms with Gasteiger partial charge >= 0.3 is 5.97 Å². The van der Waals surface area contributed by atoms with Crippen LogP contribution in [0.5, 0.6) is 0 Å². The van der Waals surface area contributed by atoms with Crippen LogP contribution in [0.4, 0.5) is 0 Å². The molecule has 1 aromatic heterocycles. The van der Waals surface area contributed by atoms with Crippen LogP contribution in [0.1, 0.15) is 25.2 Å². The molecule has 0 saturated heterocycles. The summed E-state index contributed by atoms with van der Waals surface area (Å²) in [5.74, 6) is -0.388. The van der Waals surface area contributed by atoms with E-state index in [0.717, 1.165) is 12.1 Å². The zero-order valence-corrected chi connectivity index (χ0v) is 10.3. The maximum Gasteiger partial charge on any atom is 0.309 e. The molecule has 0 aliphatic heterocycles. The van der Waals surface area contributed by atoms with Crippen molar-refractivity contribution in [1.29, 1.82) is 0 Å². The molecule has 1 aromatic rings. The summed E-state index contributed by atoms with van der Waals surface area (Å²) in [5.41, 5.74) is 1.42. The Bertz CT molecular complexity index is 366. The predicted octanol–water partition coefficient (Wildman–Crippen LogP) is 2.06. The first-order valence-corrected chi connectivity index (χ1v) is 5.51. The predicted molar refractivity (Wildman–Crippen MR) is 59.6 cm³/mol. The fraction of sp³-hybridized carbons (Fsp3) is 0.500. The summed E-state index contributed by atoms with van der Waals surface area (Å²) in [6.45, 7) is 4.18. The molecule has 0 amide bonds. The van der Waals surface area contributed by atoms with Gasteiger partial charge < -0.3 is 5.11 Å². The summed E-state index contributed by atoms with van der Waals surface area (Å²) in [7, 11) is 0. The van der Waals surface area contributed by atoms with Gasteiger partial charge in [-0.1, -0.05) is 13.8 Å². The molecule has 5 heteroatoms. The van der Waals surface area contributed by atoms with Gasteiger partial charge in [0.25, 0.3) is 0 Å². The zero-order valence-electron chi connectivity index (χ0n) is 8.70. The number of carbonyl (C=O) groups is 1. The van der Waals surface area contributed by atoms with E-state index in [0.29, 0.717) is 16.3 Å². The molecule has 0 radical (unpaired) electrons. The van der Waals surface area contributed by atoms with Crippen LogP contribution in [0.3, 0.4) is 0 Å². The summed E-state index contributed by atoms with van der Waals surface area (Å²) in [6.07, 6.45) is 0.764. The average molecular weight is 273 g/mol. The van der Waals surface area contributed by atoms with Crippen molar-refractivity contribution in [2.45, 2.75) is 26.7 Å². The van der Waals surface area contributed by atoms with E-state index in [-0.39, 0.29) is 6.42 Å². The third-order valence-corrected chi connectivity index (χ3v) is 2.11. The van der Waals surface area contributed by atoms with Crippen LogP contribution in [0.2, 0.25) is 0 Å². The highest BCUT2D eigenvalue weighted by atomic mass is 79.9. The van der Waals surface area contributed by atoms with Gasteiger partial charge in [0.15, 0.2) is 4.73 Å². The lowest BCUT2D eigenvalue weighted by Gasteiger charge is -2.06. The molecular formula is C10H13BrN2O2. The van der Waals surface area contributed by atoms with E-state index < -0.39 is 5.97 Å². The first kappa shape index (κ1) is 12.1. The number of aliphatic carboxylic acids is 1. The molecule has 0 aliphatic rings. The van der Waals surface area contributed by atoms with Gasteiger partial charge in [-0.15, -0.1) is 0 Å². The molecule has 0 atom stereocenters. The topological polar surface area (TPSA) is 63.1 Å². The van der Waals surface area contributed by atoms with Crippen molar-refractivity contribution < 1.29 is 9.90 Å². The van der Waals surface area contributed by atoms with E-state index in [2.05, 4.69) is 39.7 Å². The Morgan fingerprint density at radius 1 is 1.47 bits per heavy atom. The normalized spacial score (nSPS) is 10.7. The molecular weight excluding hydrogens is 260 g/mol. The SMILES string of the molecule is CC(C)Cc1cc(CC(=O)O)nc(Br)n1. The van der Waals surface area contributed by atoms with Gasteiger partial charge in [0.05, 0.1) is 12.1 Å². The maximum absolute atomic E-state index is 10.5. The molecule has 0 aromatic carbocycles. The van der Waals surface area contributed by atoms with Gasteiger partial charge in [0.2, 0.25) is 0 Å². The van der Waals surface area contributed by atoms with Crippen molar-refractivity contribution in [2.75, 3.05) is 0 Å². The highest BCUT2D eigenvalue weighted by Gasteiger charge is 2.07. The van der Waals surface area contributed by atoms with Crippen molar-refractivity contribution >= 4 is 21.9 Å². The number of carboxylic acids is 1. The molecule has 1 N–H and O–H groups in total. The van der Waals surface area contributed by atoms with Crippen molar-refractivity contribution in [3.05, 3.63) is 22.2 Å². The van der Waals surface area contributed by atoms with E-state index in [1.165, 1.54) is 0 Å². The number of rotatable bonds is 4. The van der Waals surface area contributed by atoms with E-state index in [9.17, 15) is 4.79 Å². The maximum atomic E-state index is 10.5. The van der Waals surface area contributed by atoms with Gasteiger partial charge in [-0.25, -0.2) is 9.97 Å². The molecule has 0 fully saturated rings. The molecule has 82 valence electrons. The highest BCUT2D eigenvalue weighted by Crippen LogP contribution is 2.11. The molecule has 0 spiro atoms. The van der Waals surface area contributed by atoms with E-state index in [4.69, 9.17) is 5.11 Å². The van der Waals surface area contributed by atoms with Gasteiger partial charge in [-0.2, -0.15) is 0 Å². The van der Waals surface area contributed by atoms with Gasteiger partial charge in [0.1, 0.15) is 0 Å². The Kier molecular flexibility index (Phi) is 4.20. The average Bonchev–Trinajstić information content (AvgIpc) is 1.98. The Balaban J connectivity index is 2.89. The fourth-order valence-corrected chi connectivity index (χ4v) is 1.74. The number of hydrogen-bond acceptors (Lipinski definition) is 3. The summed E-state index contributed by atoms with van der Waals surface area (Å²) >= 11 is 3.18. The number of aromatic nitrogens is 2. The number of carboxylic acid groups (broad SMARTS) is 1. The minimum Gasteiger partial charge on any atom is -0.481 e. The second-order valence-electron chi connectivity index (χ2n) is 3.79. The summed E-state index contributed by atoms with van der Waals surface area (Å²) in [5, 5.41) is 8.65. The molecule has 1 heterocycles. The van der Waals surface area contributed by atoms with Crippen LogP contribution in [-0.4, -0.2) is 21.0 Å². The van der Waals surface area contributed by atoms with Crippen molar-refractivity contribution in [3.63, 3.8) is 0 Å². The molecule has 0 saturated carbocycles. The van der Waals surface area contributed by atoms with E-state index in [1.54, 1.807) is 6.07 Å². The smallest absolute Gasteiger partial charge is 0.309 e. The van der Waals surface area contributed by atoms with Gasteiger partial charge in [0, 0.05) is 5.69 Å². The van der Waals surface area contributed by atoms with Crippen LogP contribution < -0.4 is 0 Å². The number of hydrogen-bond donors (Lipinski definition) is 1. The second-order valence-corrected chi connectivity index (χ2v) is 4.50. The van der Waals surface area contributed by atoms with Crippen LogP contribution in [-0.2, 0) is 17.6 Å². The lowest BCUT2D eigenvalue weighted by atomic mass is 10.1. The van der Waals surface area contributed by atoms with Crippen LogP contribution >= 0.6 is 15.9 Å². The Morgan fingerprint density at radius 3 is 2.60 bits per heavy atom. The van der Waals surface area contributed by atoms with E-state index >= 15 is 0 Å². The largest absolute Gasteiger partial charge is 0.481 e. The number of halogens is 1. The molecule has 0 unspecified atom stereocenters. The third kappa shape index (κ3) is 4.38. The van der Waals surface area contributed by atoms with Crippen molar-refractivity contribution in [1.82, 2.24) is 9.97 Å². The summed E-state index contributed by atoms with van der Waals surface area (Å²) in [4.78, 5) is 18.7. The Labute approximate surface area is 96.9 Å². The lowest BCUT2D eigenvalue weighted by molar-refractivity contribution is -0.136. The van der Waals surface area contributed by atoms with Gasteiger partial charge in [-0.05, 0) is 34.3 Å². The molecule has 0 aliphatic carbocycles. The van der Waals surface area contributed by atoms with Gasteiger partial charge in [-0.3, -0.25) is 4.79 Å². The fourth-order valence-electron chi connectivity index (χ4n) is 1.29. The first-order chi connectivity index (χ1) is 6.97. The second kappa shape index (κ2) is 5.21. The highest BCUT2D eigenvalue weighted by molar-refractivity contribution is 9.10. The minimum absolute atomic E-state index is 0.0633. The molecule has 15 heavy (non-hydrogen) atoms. The van der Waals surface area contributed by atoms with Crippen molar-refractivity contribution in [2.24, 2.45) is 5.92 Å². The first-order valence-electron chi connectivity index (χ1n) is 4.71. The molecule has 0 bridgehead atoms. The quantitative estimate of drug-likeness (QED) is 0.853. The van der Waals surface area contributed by atoms with Crippen molar-refractivity contribution in [3.8, 4) is 0 Å². The molecule has 1 rings (SSSR count). The zero-order chi connectivity index (χ0) is 11.4. The molecule has 4 nitrogen and oxygen atoms in total. The Hall–Kier alpha value is -0.970. The lowest BCUT2D eigenvalue weighted by Crippen LogP contribution is -2.06. The minimum atomic E-state index is -0.879. The van der Waals surface area contributed by atoms with Crippen LogP contribution in [0.25, 0.3) is 0 Å². The van der Waals surface area contributed by atoms with E-state index in [1.807, 2.05) is 0 Å². The summed E-state index contributed by atoms with van der Waals surface area (Å²) < 4.78 is 0.455. The monoisotopic (exact) mass is 272 g/mol. The summed E-state index contributed by atoms with van der Waals surface area (Å²) in [6, 6.07) is 1.75.